The fourth-order valence-electron chi connectivity index (χ4n) is 2.44. The lowest BCUT2D eigenvalue weighted by Gasteiger charge is -2.12. The molecule has 0 bridgehead atoms. The van der Waals surface area contributed by atoms with Crippen LogP contribution in [0.4, 0.5) is 5.69 Å². The van der Waals surface area contributed by atoms with E-state index in [1.807, 2.05) is 31.4 Å². The predicted molar refractivity (Wildman–Crippen MR) is 110 cm³/mol. The number of hydrogen-bond donors (Lipinski definition) is 1. The zero-order valence-corrected chi connectivity index (χ0v) is 16.7. The summed E-state index contributed by atoms with van der Waals surface area (Å²) >= 11 is 3.04. The van der Waals surface area contributed by atoms with Crippen molar-refractivity contribution in [2.75, 3.05) is 32.0 Å². The predicted octanol–water partition coefficient (Wildman–Crippen LogP) is 5.04. The van der Waals surface area contributed by atoms with Crippen molar-refractivity contribution >= 4 is 39.3 Å². The standard InChI is InChI=1S/C19H22N2O3S2/c1-13(24-25-3)11-20-15-6-4-14(5-7-15)19-21-17-9-8-16(23-12-22-2)10-18(17)26-19/h4-10,13,20H,11-12H2,1-3H3. The Labute approximate surface area is 161 Å². The number of anilines is 1. The molecule has 0 radical (unpaired) electrons. The third kappa shape index (κ3) is 4.88. The molecule has 1 heterocycles. The first-order valence-electron chi connectivity index (χ1n) is 8.25. The Balaban J connectivity index is 1.70. The molecule has 0 saturated carbocycles. The minimum Gasteiger partial charge on any atom is -0.468 e. The average Bonchev–Trinajstić information content (AvgIpc) is 3.08. The minimum absolute atomic E-state index is 0.156. The van der Waals surface area contributed by atoms with Gasteiger partial charge in [-0.05, 0) is 61.4 Å². The molecule has 138 valence electrons. The summed E-state index contributed by atoms with van der Waals surface area (Å²) in [7, 11) is 1.61. The second-order valence-corrected chi connectivity index (χ2v) is 7.29. The lowest BCUT2D eigenvalue weighted by atomic mass is 10.2. The zero-order valence-electron chi connectivity index (χ0n) is 15.0. The Morgan fingerprint density at radius 3 is 2.73 bits per heavy atom. The van der Waals surface area contributed by atoms with Crippen LogP contribution in [0, 0.1) is 0 Å². The molecule has 1 atom stereocenters. The smallest absolute Gasteiger partial charge is 0.188 e. The molecule has 26 heavy (non-hydrogen) atoms. The maximum atomic E-state index is 5.49. The van der Waals surface area contributed by atoms with E-state index in [0.717, 1.165) is 38.8 Å². The van der Waals surface area contributed by atoms with Gasteiger partial charge in [0.05, 0.1) is 16.3 Å². The molecule has 5 nitrogen and oxygen atoms in total. The number of aromatic nitrogens is 1. The molecule has 0 spiro atoms. The Morgan fingerprint density at radius 2 is 2.00 bits per heavy atom. The third-order valence-electron chi connectivity index (χ3n) is 3.69. The maximum absolute atomic E-state index is 5.49. The van der Waals surface area contributed by atoms with Gasteiger partial charge in [-0.3, -0.25) is 0 Å². The van der Waals surface area contributed by atoms with Gasteiger partial charge in [0, 0.05) is 31.2 Å². The number of benzene rings is 2. The first-order valence-corrected chi connectivity index (χ1v) is 10.2. The fraction of sp³-hybridized carbons (Fsp3) is 0.316. The molecule has 0 aliphatic heterocycles. The van der Waals surface area contributed by atoms with Crippen LogP contribution in [-0.2, 0) is 8.92 Å². The molecule has 0 fully saturated rings. The summed E-state index contributed by atoms with van der Waals surface area (Å²) in [6, 6.07) is 14.2. The van der Waals surface area contributed by atoms with Crippen LogP contribution in [0.1, 0.15) is 6.92 Å². The Bertz CT molecular complexity index is 836. The van der Waals surface area contributed by atoms with Crippen LogP contribution in [-0.4, -0.2) is 37.8 Å². The van der Waals surface area contributed by atoms with Gasteiger partial charge in [0.25, 0.3) is 0 Å². The highest BCUT2D eigenvalue weighted by atomic mass is 32.2. The summed E-state index contributed by atoms with van der Waals surface area (Å²) in [4.78, 5) is 4.72. The van der Waals surface area contributed by atoms with Gasteiger partial charge < -0.3 is 19.0 Å². The molecular weight excluding hydrogens is 368 g/mol. The Hall–Kier alpha value is -1.80. The monoisotopic (exact) mass is 390 g/mol. The van der Waals surface area contributed by atoms with Gasteiger partial charge in [-0.1, -0.05) is 0 Å². The van der Waals surface area contributed by atoms with E-state index in [9.17, 15) is 0 Å². The lowest BCUT2D eigenvalue weighted by Crippen LogP contribution is -2.17. The van der Waals surface area contributed by atoms with Crippen molar-refractivity contribution in [3.05, 3.63) is 42.5 Å². The van der Waals surface area contributed by atoms with Crippen molar-refractivity contribution in [3.8, 4) is 16.3 Å². The van der Waals surface area contributed by atoms with Crippen LogP contribution in [0.25, 0.3) is 20.8 Å². The SMILES string of the molecule is COCOc1ccc2nc(-c3ccc(NCC(C)OSC)cc3)sc2c1. The van der Waals surface area contributed by atoms with Crippen LogP contribution in [0.15, 0.2) is 42.5 Å². The molecule has 2 aromatic carbocycles. The van der Waals surface area contributed by atoms with Gasteiger partial charge >= 0.3 is 0 Å². The molecular formula is C19H22N2O3S2. The lowest BCUT2D eigenvalue weighted by molar-refractivity contribution is 0.0512. The molecule has 1 aromatic heterocycles. The van der Waals surface area contributed by atoms with Crippen LogP contribution in [0.2, 0.25) is 0 Å². The topological polar surface area (TPSA) is 52.6 Å². The summed E-state index contributed by atoms with van der Waals surface area (Å²) in [6.07, 6.45) is 2.08. The molecule has 0 aliphatic rings. The molecule has 3 rings (SSSR count). The third-order valence-corrected chi connectivity index (χ3v) is 5.28. The van der Waals surface area contributed by atoms with E-state index in [4.69, 9.17) is 18.6 Å². The molecule has 0 saturated heterocycles. The number of nitrogens with one attached hydrogen (secondary N) is 1. The van der Waals surface area contributed by atoms with Gasteiger partial charge in [0.1, 0.15) is 10.8 Å². The average molecular weight is 391 g/mol. The van der Waals surface area contributed by atoms with Crippen molar-refractivity contribution in [2.24, 2.45) is 0 Å². The highest BCUT2D eigenvalue weighted by Crippen LogP contribution is 2.32. The van der Waals surface area contributed by atoms with Gasteiger partial charge in [0.2, 0.25) is 0 Å². The molecule has 1 unspecified atom stereocenters. The van der Waals surface area contributed by atoms with E-state index in [-0.39, 0.29) is 12.9 Å². The summed E-state index contributed by atoms with van der Waals surface area (Å²) in [5.41, 5.74) is 3.14. The van der Waals surface area contributed by atoms with E-state index in [1.165, 1.54) is 12.0 Å². The van der Waals surface area contributed by atoms with Gasteiger partial charge in [-0.15, -0.1) is 11.3 Å². The Morgan fingerprint density at radius 1 is 1.19 bits per heavy atom. The maximum Gasteiger partial charge on any atom is 0.188 e. The highest BCUT2D eigenvalue weighted by Gasteiger charge is 2.08. The number of methoxy groups -OCH3 is 1. The zero-order chi connectivity index (χ0) is 18.4. The number of hydrogen-bond acceptors (Lipinski definition) is 7. The van der Waals surface area contributed by atoms with Gasteiger partial charge in [-0.25, -0.2) is 4.98 Å². The quantitative estimate of drug-likeness (QED) is 0.408. The van der Waals surface area contributed by atoms with Gasteiger partial charge in [-0.2, -0.15) is 0 Å². The summed E-state index contributed by atoms with van der Waals surface area (Å²) in [5, 5.41) is 4.37. The summed E-state index contributed by atoms with van der Waals surface area (Å²) < 4.78 is 17.0. The van der Waals surface area contributed by atoms with Crippen molar-refractivity contribution in [3.63, 3.8) is 0 Å². The minimum atomic E-state index is 0.156. The molecule has 7 heteroatoms. The second-order valence-electron chi connectivity index (χ2n) is 5.73. The number of ether oxygens (including phenoxy) is 2. The van der Waals surface area contributed by atoms with Crippen molar-refractivity contribution < 1.29 is 13.7 Å². The van der Waals surface area contributed by atoms with Crippen molar-refractivity contribution in [1.82, 2.24) is 4.98 Å². The fourth-order valence-corrected chi connectivity index (χ4v) is 3.83. The van der Waals surface area contributed by atoms with E-state index >= 15 is 0 Å². The van der Waals surface area contributed by atoms with E-state index in [0.29, 0.717) is 0 Å². The van der Waals surface area contributed by atoms with E-state index in [1.54, 1.807) is 18.4 Å². The summed E-state index contributed by atoms with van der Waals surface area (Å²) in [5.74, 6) is 0.788. The number of nitrogens with zero attached hydrogens (tertiary/aromatic N) is 1. The van der Waals surface area contributed by atoms with E-state index < -0.39 is 0 Å². The second kappa shape index (κ2) is 9.23. The van der Waals surface area contributed by atoms with E-state index in [2.05, 4.69) is 29.6 Å². The van der Waals surface area contributed by atoms with Crippen LogP contribution < -0.4 is 10.1 Å². The van der Waals surface area contributed by atoms with Crippen LogP contribution in [0.5, 0.6) is 5.75 Å². The summed E-state index contributed by atoms with van der Waals surface area (Å²) in [6.45, 7) is 3.06. The van der Waals surface area contributed by atoms with Crippen molar-refractivity contribution in [2.45, 2.75) is 13.0 Å². The number of thiazole rings is 1. The molecule has 3 aromatic rings. The number of rotatable bonds is 9. The van der Waals surface area contributed by atoms with Crippen LogP contribution in [0.3, 0.4) is 0 Å². The molecule has 0 amide bonds. The number of fused-ring (bicyclic) bond motifs is 1. The Kier molecular flexibility index (Phi) is 6.73. The highest BCUT2D eigenvalue weighted by molar-refractivity contribution is 7.93. The normalized spacial score (nSPS) is 12.3. The molecule has 1 N–H and O–H groups in total. The van der Waals surface area contributed by atoms with Crippen LogP contribution >= 0.6 is 23.4 Å². The first-order chi connectivity index (χ1) is 12.7. The largest absolute Gasteiger partial charge is 0.468 e. The first kappa shape index (κ1) is 19.0. The van der Waals surface area contributed by atoms with Gasteiger partial charge in [0.15, 0.2) is 6.79 Å². The molecule has 0 aliphatic carbocycles. The van der Waals surface area contributed by atoms with Crippen molar-refractivity contribution in [1.29, 1.82) is 0 Å².